The highest BCUT2D eigenvalue weighted by Crippen LogP contribution is 2.19. The Morgan fingerprint density at radius 2 is 2.00 bits per heavy atom. The molecule has 1 aliphatic rings. The summed E-state index contributed by atoms with van der Waals surface area (Å²) in [6.45, 7) is 2.74. The SMILES string of the molecule is CN=C(NCc1cccc(N(C)C)n1)NC1CCCN(c2ccccc2)C1. The van der Waals surface area contributed by atoms with Crippen molar-refractivity contribution in [1.29, 1.82) is 0 Å². The Kier molecular flexibility index (Phi) is 6.52. The normalized spacial score (nSPS) is 17.5. The lowest BCUT2D eigenvalue weighted by Crippen LogP contribution is -2.51. The summed E-state index contributed by atoms with van der Waals surface area (Å²) in [5.41, 5.74) is 2.29. The van der Waals surface area contributed by atoms with E-state index in [2.05, 4.69) is 55.8 Å². The Balaban J connectivity index is 1.55. The number of benzene rings is 1. The first kappa shape index (κ1) is 19.0. The molecule has 0 spiro atoms. The standard InChI is InChI=1S/C21H30N6/c1-22-21(23-15-17-9-7-13-20(24-17)26(2)3)25-18-10-8-14-27(16-18)19-11-5-4-6-12-19/h4-7,9,11-13,18H,8,10,14-16H2,1-3H3,(H2,22,23,25). The van der Waals surface area contributed by atoms with Crippen molar-refractivity contribution in [3.05, 3.63) is 54.2 Å². The predicted molar refractivity (Wildman–Crippen MR) is 114 cm³/mol. The molecule has 2 heterocycles. The summed E-state index contributed by atoms with van der Waals surface area (Å²) >= 11 is 0. The number of nitrogens with one attached hydrogen (secondary N) is 2. The fourth-order valence-corrected chi connectivity index (χ4v) is 3.35. The number of hydrogen-bond donors (Lipinski definition) is 2. The second kappa shape index (κ2) is 9.26. The smallest absolute Gasteiger partial charge is 0.191 e. The number of hydrogen-bond acceptors (Lipinski definition) is 4. The highest BCUT2D eigenvalue weighted by atomic mass is 15.2. The molecule has 0 saturated carbocycles. The minimum Gasteiger partial charge on any atom is -0.369 e. The van der Waals surface area contributed by atoms with E-state index in [0.29, 0.717) is 12.6 Å². The topological polar surface area (TPSA) is 55.8 Å². The van der Waals surface area contributed by atoms with Crippen molar-refractivity contribution in [3.63, 3.8) is 0 Å². The van der Waals surface area contributed by atoms with E-state index < -0.39 is 0 Å². The van der Waals surface area contributed by atoms with Gasteiger partial charge in [0.1, 0.15) is 5.82 Å². The van der Waals surface area contributed by atoms with Crippen LogP contribution in [0, 0.1) is 0 Å². The van der Waals surface area contributed by atoms with E-state index in [1.807, 2.05) is 44.2 Å². The maximum Gasteiger partial charge on any atom is 0.191 e. The predicted octanol–water partition coefficient (Wildman–Crippen LogP) is 2.48. The van der Waals surface area contributed by atoms with E-state index in [4.69, 9.17) is 0 Å². The van der Waals surface area contributed by atoms with Gasteiger partial charge in [-0.2, -0.15) is 0 Å². The minimum absolute atomic E-state index is 0.381. The molecule has 0 amide bonds. The third kappa shape index (κ3) is 5.36. The summed E-state index contributed by atoms with van der Waals surface area (Å²) in [6, 6.07) is 17.1. The van der Waals surface area contributed by atoms with Crippen molar-refractivity contribution in [2.24, 2.45) is 4.99 Å². The lowest BCUT2D eigenvalue weighted by molar-refractivity contribution is 0.468. The number of aromatic nitrogens is 1. The molecule has 1 saturated heterocycles. The molecular formula is C21H30N6. The van der Waals surface area contributed by atoms with Gasteiger partial charge in [-0.3, -0.25) is 4.99 Å². The lowest BCUT2D eigenvalue weighted by atomic mass is 10.1. The molecule has 0 bridgehead atoms. The lowest BCUT2D eigenvalue weighted by Gasteiger charge is -2.35. The molecule has 1 aromatic heterocycles. The van der Waals surface area contributed by atoms with E-state index in [9.17, 15) is 0 Å². The van der Waals surface area contributed by atoms with Gasteiger partial charge in [0.15, 0.2) is 5.96 Å². The maximum atomic E-state index is 4.65. The maximum absolute atomic E-state index is 4.65. The fraction of sp³-hybridized carbons (Fsp3) is 0.429. The van der Waals surface area contributed by atoms with E-state index in [0.717, 1.165) is 37.0 Å². The van der Waals surface area contributed by atoms with Gasteiger partial charge in [-0.25, -0.2) is 4.98 Å². The van der Waals surface area contributed by atoms with Crippen molar-refractivity contribution in [2.75, 3.05) is 44.0 Å². The van der Waals surface area contributed by atoms with E-state index >= 15 is 0 Å². The number of guanidine groups is 1. The van der Waals surface area contributed by atoms with Crippen molar-refractivity contribution < 1.29 is 0 Å². The molecule has 0 radical (unpaired) electrons. The molecule has 6 heteroatoms. The Bertz CT molecular complexity index is 743. The average Bonchev–Trinajstić information content (AvgIpc) is 2.72. The summed E-state index contributed by atoms with van der Waals surface area (Å²) in [5.74, 6) is 1.79. The Morgan fingerprint density at radius 1 is 1.19 bits per heavy atom. The Labute approximate surface area is 162 Å². The molecule has 3 rings (SSSR count). The number of piperidine rings is 1. The van der Waals surface area contributed by atoms with Crippen LogP contribution in [0.2, 0.25) is 0 Å². The fourth-order valence-electron chi connectivity index (χ4n) is 3.35. The van der Waals surface area contributed by atoms with Gasteiger partial charge >= 0.3 is 0 Å². The van der Waals surface area contributed by atoms with Crippen molar-refractivity contribution in [1.82, 2.24) is 15.6 Å². The van der Waals surface area contributed by atoms with E-state index in [1.54, 1.807) is 0 Å². The van der Waals surface area contributed by atoms with Gasteiger partial charge in [-0.15, -0.1) is 0 Å². The van der Waals surface area contributed by atoms with Crippen molar-refractivity contribution in [2.45, 2.75) is 25.4 Å². The van der Waals surface area contributed by atoms with Crippen molar-refractivity contribution in [3.8, 4) is 0 Å². The van der Waals surface area contributed by atoms with Gasteiger partial charge in [0.25, 0.3) is 0 Å². The van der Waals surface area contributed by atoms with Crippen LogP contribution in [0.5, 0.6) is 0 Å². The van der Waals surface area contributed by atoms with Crippen LogP contribution in [0.15, 0.2) is 53.5 Å². The Morgan fingerprint density at radius 3 is 2.74 bits per heavy atom. The molecule has 2 N–H and O–H groups in total. The highest BCUT2D eigenvalue weighted by molar-refractivity contribution is 5.80. The van der Waals surface area contributed by atoms with Gasteiger partial charge in [0.05, 0.1) is 12.2 Å². The second-order valence-electron chi connectivity index (χ2n) is 7.07. The molecule has 1 atom stereocenters. The summed E-state index contributed by atoms with van der Waals surface area (Å²) in [5, 5.41) is 6.97. The molecule has 2 aromatic rings. The van der Waals surface area contributed by atoms with Crippen LogP contribution in [0.4, 0.5) is 11.5 Å². The van der Waals surface area contributed by atoms with Crippen LogP contribution in [0.1, 0.15) is 18.5 Å². The van der Waals surface area contributed by atoms with E-state index in [-0.39, 0.29) is 0 Å². The molecule has 27 heavy (non-hydrogen) atoms. The number of nitrogens with zero attached hydrogens (tertiary/aromatic N) is 4. The molecule has 0 aliphatic carbocycles. The molecule has 1 aliphatic heterocycles. The van der Waals surface area contributed by atoms with Crippen LogP contribution < -0.4 is 20.4 Å². The molecule has 1 fully saturated rings. The van der Waals surface area contributed by atoms with Crippen LogP contribution in [0.25, 0.3) is 0 Å². The zero-order valence-electron chi connectivity index (χ0n) is 16.5. The van der Waals surface area contributed by atoms with Crippen LogP contribution >= 0.6 is 0 Å². The first-order valence-corrected chi connectivity index (χ1v) is 9.56. The first-order chi connectivity index (χ1) is 13.2. The van der Waals surface area contributed by atoms with Gasteiger partial charge in [0, 0.05) is 46.0 Å². The quantitative estimate of drug-likeness (QED) is 0.629. The summed E-state index contributed by atoms with van der Waals surface area (Å²) in [6.07, 6.45) is 2.33. The molecular weight excluding hydrogens is 336 g/mol. The van der Waals surface area contributed by atoms with Gasteiger partial charge in [-0.05, 0) is 37.1 Å². The number of aliphatic imine (C=N–C) groups is 1. The second-order valence-corrected chi connectivity index (χ2v) is 7.07. The molecule has 1 aromatic carbocycles. The molecule has 6 nitrogen and oxygen atoms in total. The molecule has 1 unspecified atom stereocenters. The van der Waals surface area contributed by atoms with Crippen LogP contribution in [-0.2, 0) is 6.54 Å². The largest absolute Gasteiger partial charge is 0.369 e. The molecule has 144 valence electrons. The summed E-state index contributed by atoms with van der Waals surface area (Å²) < 4.78 is 0. The summed E-state index contributed by atoms with van der Waals surface area (Å²) in [7, 11) is 5.82. The van der Waals surface area contributed by atoms with Crippen molar-refractivity contribution >= 4 is 17.5 Å². The van der Waals surface area contributed by atoms with E-state index in [1.165, 1.54) is 12.1 Å². The Hall–Kier alpha value is -2.76. The first-order valence-electron chi connectivity index (χ1n) is 9.56. The third-order valence-electron chi connectivity index (χ3n) is 4.79. The number of para-hydroxylation sites is 1. The van der Waals surface area contributed by atoms with Gasteiger partial charge in [0.2, 0.25) is 0 Å². The number of anilines is 2. The third-order valence-corrected chi connectivity index (χ3v) is 4.79. The zero-order valence-corrected chi connectivity index (χ0v) is 16.5. The monoisotopic (exact) mass is 366 g/mol. The minimum atomic E-state index is 0.381. The highest BCUT2D eigenvalue weighted by Gasteiger charge is 2.20. The van der Waals surface area contributed by atoms with Crippen LogP contribution in [0.3, 0.4) is 0 Å². The summed E-state index contributed by atoms with van der Waals surface area (Å²) in [4.78, 5) is 13.5. The zero-order chi connectivity index (χ0) is 19.1. The van der Waals surface area contributed by atoms with Gasteiger partial charge < -0.3 is 20.4 Å². The number of rotatable bonds is 5. The van der Waals surface area contributed by atoms with Crippen LogP contribution in [-0.4, -0.2) is 51.2 Å². The van der Waals surface area contributed by atoms with Gasteiger partial charge in [-0.1, -0.05) is 24.3 Å². The average molecular weight is 367 g/mol. The number of pyridine rings is 1.